The highest BCUT2D eigenvalue weighted by Gasteiger charge is 2.17. The van der Waals surface area contributed by atoms with Gasteiger partial charge in [-0.25, -0.2) is 9.78 Å². The van der Waals surface area contributed by atoms with Crippen LogP contribution >= 0.6 is 0 Å². The number of imidazole rings is 1. The summed E-state index contributed by atoms with van der Waals surface area (Å²) in [6.45, 7) is 6.36. The molecule has 0 amide bonds. The molecular formula is C12H20N2O2. The maximum Gasteiger partial charge on any atom is 0.358 e. The number of aromatic nitrogens is 2. The second-order valence-electron chi connectivity index (χ2n) is 3.73. The number of carbonyl (C=O) groups is 1. The van der Waals surface area contributed by atoms with Crippen LogP contribution in [-0.4, -0.2) is 22.5 Å². The standard InChI is InChI=1S/C12H20N2O2/c1-4-7-9-11(12(15)16-6-3)14-10(13-9)8-5-2/h4-8H2,1-3H3,(H,13,14). The number of rotatable bonds is 6. The summed E-state index contributed by atoms with van der Waals surface area (Å²) in [5.74, 6) is 0.568. The van der Waals surface area contributed by atoms with E-state index in [0.717, 1.165) is 37.2 Å². The van der Waals surface area contributed by atoms with Crippen molar-refractivity contribution in [3.8, 4) is 0 Å². The minimum atomic E-state index is -0.315. The van der Waals surface area contributed by atoms with Crippen LogP contribution < -0.4 is 0 Å². The summed E-state index contributed by atoms with van der Waals surface area (Å²) in [6.07, 6.45) is 3.71. The first-order valence-electron chi connectivity index (χ1n) is 5.97. The lowest BCUT2D eigenvalue weighted by Gasteiger charge is -2.00. The molecule has 0 aliphatic carbocycles. The fourth-order valence-electron chi connectivity index (χ4n) is 1.62. The van der Waals surface area contributed by atoms with Crippen molar-refractivity contribution in [3.63, 3.8) is 0 Å². The molecule has 90 valence electrons. The van der Waals surface area contributed by atoms with E-state index in [1.165, 1.54) is 0 Å². The number of aromatic amines is 1. The molecule has 16 heavy (non-hydrogen) atoms. The van der Waals surface area contributed by atoms with Gasteiger partial charge in [0.15, 0.2) is 5.69 Å². The molecule has 0 bridgehead atoms. The lowest BCUT2D eigenvalue weighted by molar-refractivity contribution is 0.0518. The molecule has 4 nitrogen and oxygen atoms in total. The maximum absolute atomic E-state index is 11.7. The smallest absolute Gasteiger partial charge is 0.358 e. The number of hydrogen-bond donors (Lipinski definition) is 1. The van der Waals surface area contributed by atoms with Crippen molar-refractivity contribution in [3.05, 3.63) is 17.2 Å². The molecule has 0 radical (unpaired) electrons. The second kappa shape index (κ2) is 6.30. The van der Waals surface area contributed by atoms with Crippen molar-refractivity contribution in [2.45, 2.75) is 46.5 Å². The van der Waals surface area contributed by atoms with Gasteiger partial charge in [0.05, 0.1) is 6.61 Å². The Morgan fingerprint density at radius 1 is 1.25 bits per heavy atom. The Hall–Kier alpha value is -1.32. The fraction of sp³-hybridized carbons (Fsp3) is 0.667. The monoisotopic (exact) mass is 224 g/mol. The fourth-order valence-corrected chi connectivity index (χ4v) is 1.62. The molecule has 0 aliphatic heterocycles. The zero-order valence-electron chi connectivity index (χ0n) is 10.3. The molecule has 0 saturated carbocycles. The summed E-state index contributed by atoms with van der Waals surface area (Å²) in [5.41, 5.74) is 1.37. The molecular weight excluding hydrogens is 204 g/mol. The zero-order chi connectivity index (χ0) is 12.0. The van der Waals surface area contributed by atoms with Crippen LogP contribution in [0.5, 0.6) is 0 Å². The summed E-state index contributed by atoms with van der Waals surface area (Å²) in [4.78, 5) is 19.2. The van der Waals surface area contributed by atoms with Gasteiger partial charge in [0, 0.05) is 12.1 Å². The van der Waals surface area contributed by atoms with Gasteiger partial charge in [-0.15, -0.1) is 0 Å². The Labute approximate surface area is 96.4 Å². The van der Waals surface area contributed by atoms with Gasteiger partial charge < -0.3 is 9.72 Å². The van der Waals surface area contributed by atoms with Crippen molar-refractivity contribution in [1.82, 2.24) is 9.97 Å². The molecule has 1 aromatic rings. The topological polar surface area (TPSA) is 55.0 Å². The van der Waals surface area contributed by atoms with Gasteiger partial charge in [0.25, 0.3) is 0 Å². The molecule has 1 heterocycles. The normalized spacial score (nSPS) is 10.4. The van der Waals surface area contributed by atoms with E-state index in [1.54, 1.807) is 6.92 Å². The molecule has 0 saturated heterocycles. The van der Waals surface area contributed by atoms with Gasteiger partial charge in [-0.05, 0) is 19.8 Å². The number of nitrogens with zero attached hydrogens (tertiary/aromatic N) is 1. The number of nitrogens with one attached hydrogen (secondary N) is 1. The van der Waals surface area contributed by atoms with Gasteiger partial charge in [-0.2, -0.15) is 0 Å². The van der Waals surface area contributed by atoms with E-state index in [9.17, 15) is 4.79 Å². The summed E-state index contributed by atoms with van der Waals surface area (Å²) >= 11 is 0. The second-order valence-corrected chi connectivity index (χ2v) is 3.73. The third-order valence-corrected chi connectivity index (χ3v) is 2.28. The predicted octanol–water partition coefficient (Wildman–Crippen LogP) is 2.49. The van der Waals surface area contributed by atoms with E-state index in [-0.39, 0.29) is 5.97 Å². The molecule has 0 aliphatic rings. The van der Waals surface area contributed by atoms with Gasteiger partial charge in [-0.1, -0.05) is 20.3 Å². The van der Waals surface area contributed by atoms with E-state index in [4.69, 9.17) is 4.74 Å². The summed E-state index contributed by atoms with van der Waals surface area (Å²) in [6, 6.07) is 0. The van der Waals surface area contributed by atoms with E-state index in [0.29, 0.717) is 12.3 Å². The lowest BCUT2D eigenvalue weighted by atomic mass is 10.2. The molecule has 1 aromatic heterocycles. The van der Waals surface area contributed by atoms with Crippen molar-refractivity contribution in [2.24, 2.45) is 0 Å². The number of aryl methyl sites for hydroxylation is 2. The van der Waals surface area contributed by atoms with Crippen LogP contribution in [0.3, 0.4) is 0 Å². The molecule has 0 aromatic carbocycles. The van der Waals surface area contributed by atoms with Gasteiger partial charge in [0.2, 0.25) is 0 Å². The maximum atomic E-state index is 11.7. The van der Waals surface area contributed by atoms with Gasteiger partial charge in [0.1, 0.15) is 5.82 Å². The summed E-state index contributed by atoms with van der Waals surface area (Å²) in [5, 5.41) is 0. The van der Waals surface area contributed by atoms with Crippen molar-refractivity contribution >= 4 is 5.97 Å². The number of hydrogen-bond acceptors (Lipinski definition) is 3. The minimum Gasteiger partial charge on any atom is -0.461 e. The van der Waals surface area contributed by atoms with Gasteiger partial charge >= 0.3 is 5.97 Å². The first-order chi connectivity index (χ1) is 7.72. The Kier molecular flexibility index (Phi) is 5.02. The molecule has 0 atom stereocenters. The largest absolute Gasteiger partial charge is 0.461 e. The zero-order valence-corrected chi connectivity index (χ0v) is 10.3. The Morgan fingerprint density at radius 3 is 2.50 bits per heavy atom. The highest BCUT2D eigenvalue weighted by atomic mass is 16.5. The molecule has 0 spiro atoms. The third-order valence-electron chi connectivity index (χ3n) is 2.28. The van der Waals surface area contributed by atoms with Crippen molar-refractivity contribution in [2.75, 3.05) is 6.61 Å². The quantitative estimate of drug-likeness (QED) is 0.755. The van der Waals surface area contributed by atoms with Crippen molar-refractivity contribution in [1.29, 1.82) is 0 Å². The van der Waals surface area contributed by atoms with Crippen LogP contribution in [0.25, 0.3) is 0 Å². The minimum absolute atomic E-state index is 0.315. The van der Waals surface area contributed by atoms with Gasteiger partial charge in [-0.3, -0.25) is 0 Å². The van der Waals surface area contributed by atoms with Crippen LogP contribution in [0.2, 0.25) is 0 Å². The highest BCUT2D eigenvalue weighted by Crippen LogP contribution is 2.11. The average molecular weight is 224 g/mol. The number of esters is 1. The molecule has 0 fully saturated rings. The van der Waals surface area contributed by atoms with Crippen LogP contribution in [0.15, 0.2) is 0 Å². The predicted molar refractivity (Wildman–Crippen MR) is 62.5 cm³/mol. The number of ether oxygens (including phenoxy) is 1. The number of H-pyrrole nitrogens is 1. The van der Waals surface area contributed by atoms with E-state index in [1.807, 2.05) is 0 Å². The first-order valence-corrected chi connectivity index (χ1v) is 5.97. The summed E-state index contributed by atoms with van der Waals surface area (Å²) in [7, 11) is 0. The van der Waals surface area contributed by atoms with Crippen LogP contribution in [0.4, 0.5) is 0 Å². The van der Waals surface area contributed by atoms with E-state index in [2.05, 4.69) is 23.8 Å². The van der Waals surface area contributed by atoms with E-state index < -0.39 is 0 Å². The SMILES string of the molecule is CCCc1nc(C(=O)OCC)c(CCC)[nH]1. The molecule has 0 unspecified atom stereocenters. The number of carbonyl (C=O) groups excluding carboxylic acids is 1. The molecule has 1 rings (SSSR count). The first kappa shape index (κ1) is 12.7. The van der Waals surface area contributed by atoms with Crippen LogP contribution in [0, 0.1) is 0 Å². The third kappa shape index (κ3) is 3.08. The average Bonchev–Trinajstić information content (AvgIpc) is 2.63. The Balaban J connectivity index is 2.90. The van der Waals surface area contributed by atoms with Crippen LogP contribution in [-0.2, 0) is 17.6 Å². The summed E-state index contributed by atoms with van der Waals surface area (Å²) < 4.78 is 4.98. The molecule has 1 N–H and O–H groups in total. The van der Waals surface area contributed by atoms with Crippen LogP contribution in [0.1, 0.15) is 55.6 Å². The lowest BCUT2D eigenvalue weighted by Crippen LogP contribution is -2.08. The molecule has 4 heteroatoms. The Morgan fingerprint density at radius 2 is 1.94 bits per heavy atom. The van der Waals surface area contributed by atoms with Crippen molar-refractivity contribution < 1.29 is 9.53 Å². The highest BCUT2D eigenvalue weighted by molar-refractivity contribution is 5.88. The Bertz CT molecular complexity index is 345. The van der Waals surface area contributed by atoms with E-state index >= 15 is 0 Å².